The van der Waals surface area contributed by atoms with Gasteiger partial charge in [0.15, 0.2) is 0 Å². The van der Waals surface area contributed by atoms with Crippen molar-refractivity contribution in [1.82, 2.24) is 4.98 Å². The lowest BCUT2D eigenvalue weighted by atomic mass is 10.2. The number of alkyl halides is 3. The SMILES string of the molecule is O=C(COC[C@@H]1CCCO1)Nc1cc(C(F)(F)F)c[nH]c1=O. The number of carbonyl (C=O) groups is 1. The zero-order valence-electron chi connectivity index (χ0n) is 11.5. The molecule has 0 unspecified atom stereocenters. The summed E-state index contributed by atoms with van der Waals surface area (Å²) in [4.78, 5) is 24.9. The second-order valence-corrected chi connectivity index (χ2v) is 4.83. The van der Waals surface area contributed by atoms with E-state index in [1.165, 1.54) is 0 Å². The van der Waals surface area contributed by atoms with Crippen LogP contribution < -0.4 is 10.9 Å². The molecule has 1 amide bonds. The molecule has 1 atom stereocenters. The number of H-pyrrole nitrogens is 1. The standard InChI is InChI=1S/C13H15F3N2O4/c14-13(15,16)8-4-10(12(20)17-5-8)18-11(19)7-21-6-9-2-1-3-22-9/h4-5,9H,1-3,6-7H2,(H,17,20)(H,18,19)/t9-/m0/s1. The van der Waals surface area contributed by atoms with Crippen molar-refractivity contribution in [3.05, 3.63) is 28.2 Å². The molecule has 6 nitrogen and oxygen atoms in total. The van der Waals surface area contributed by atoms with Crippen molar-refractivity contribution in [2.45, 2.75) is 25.1 Å². The molecule has 1 aliphatic heterocycles. The van der Waals surface area contributed by atoms with E-state index in [4.69, 9.17) is 9.47 Å². The zero-order chi connectivity index (χ0) is 16.2. The van der Waals surface area contributed by atoms with E-state index in [9.17, 15) is 22.8 Å². The third-order valence-electron chi connectivity index (χ3n) is 3.07. The molecule has 0 saturated carbocycles. The Balaban J connectivity index is 1.89. The first-order valence-corrected chi connectivity index (χ1v) is 6.65. The zero-order valence-corrected chi connectivity index (χ0v) is 11.5. The highest BCUT2D eigenvalue weighted by Gasteiger charge is 2.31. The Morgan fingerprint density at radius 2 is 2.27 bits per heavy atom. The largest absolute Gasteiger partial charge is 0.417 e. The number of halogens is 3. The first-order chi connectivity index (χ1) is 10.4. The summed E-state index contributed by atoms with van der Waals surface area (Å²) in [6.45, 7) is 0.516. The number of ether oxygens (including phenoxy) is 2. The third-order valence-corrected chi connectivity index (χ3v) is 3.07. The Morgan fingerprint density at radius 3 is 2.91 bits per heavy atom. The van der Waals surface area contributed by atoms with E-state index >= 15 is 0 Å². The number of anilines is 1. The highest BCUT2D eigenvalue weighted by molar-refractivity contribution is 5.91. The van der Waals surface area contributed by atoms with Crippen molar-refractivity contribution in [2.75, 3.05) is 25.1 Å². The van der Waals surface area contributed by atoms with Gasteiger partial charge in [-0.1, -0.05) is 0 Å². The molecule has 0 bridgehead atoms. The van der Waals surface area contributed by atoms with E-state index in [1.54, 1.807) is 0 Å². The third kappa shape index (κ3) is 4.57. The predicted molar refractivity (Wildman–Crippen MR) is 70.5 cm³/mol. The van der Waals surface area contributed by atoms with Crippen molar-refractivity contribution in [3.8, 4) is 0 Å². The van der Waals surface area contributed by atoms with Crippen molar-refractivity contribution >= 4 is 11.6 Å². The normalized spacial score (nSPS) is 18.4. The summed E-state index contributed by atoms with van der Waals surface area (Å²) in [7, 11) is 0. The average molecular weight is 320 g/mol. The minimum atomic E-state index is -4.61. The molecule has 122 valence electrons. The van der Waals surface area contributed by atoms with Crippen molar-refractivity contribution < 1.29 is 27.4 Å². The van der Waals surface area contributed by atoms with Gasteiger partial charge in [-0.05, 0) is 18.9 Å². The molecule has 9 heteroatoms. The number of hydrogen-bond acceptors (Lipinski definition) is 4. The van der Waals surface area contributed by atoms with Crippen LogP contribution in [0, 0.1) is 0 Å². The van der Waals surface area contributed by atoms with Gasteiger partial charge in [0.1, 0.15) is 12.3 Å². The van der Waals surface area contributed by atoms with Gasteiger partial charge in [0.2, 0.25) is 0 Å². The summed E-state index contributed by atoms with van der Waals surface area (Å²) in [6, 6.07) is 0.580. The van der Waals surface area contributed by atoms with Gasteiger partial charge in [-0.15, -0.1) is 0 Å². The lowest BCUT2D eigenvalue weighted by molar-refractivity contribution is -0.137. The second kappa shape index (κ2) is 6.93. The predicted octanol–water partition coefficient (Wildman–Crippen LogP) is 1.53. The Kier molecular flexibility index (Phi) is 5.19. The number of aromatic amines is 1. The van der Waals surface area contributed by atoms with Crippen molar-refractivity contribution in [2.24, 2.45) is 0 Å². The Hall–Kier alpha value is -1.87. The molecular weight excluding hydrogens is 305 g/mol. The van der Waals surface area contributed by atoms with Crippen molar-refractivity contribution in [1.29, 1.82) is 0 Å². The second-order valence-electron chi connectivity index (χ2n) is 4.83. The topological polar surface area (TPSA) is 80.4 Å². The summed E-state index contributed by atoms with van der Waals surface area (Å²) in [5.74, 6) is -0.706. The van der Waals surface area contributed by atoms with Crippen LogP contribution in [0.5, 0.6) is 0 Å². The molecule has 2 heterocycles. The van der Waals surface area contributed by atoms with Gasteiger partial charge >= 0.3 is 6.18 Å². The van der Waals surface area contributed by atoms with E-state index < -0.39 is 28.9 Å². The highest BCUT2D eigenvalue weighted by atomic mass is 19.4. The lowest BCUT2D eigenvalue weighted by Gasteiger charge is -2.11. The Labute approximate surface area is 123 Å². The van der Waals surface area contributed by atoms with Crippen LogP contribution in [0.1, 0.15) is 18.4 Å². The molecule has 1 saturated heterocycles. The average Bonchev–Trinajstić information content (AvgIpc) is 2.93. The van der Waals surface area contributed by atoms with Crippen LogP contribution in [0.4, 0.5) is 18.9 Å². The van der Waals surface area contributed by atoms with Gasteiger partial charge in [-0.25, -0.2) is 0 Å². The fourth-order valence-corrected chi connectivity index (χ4v) is 1.99. The number of aromatic nitrogens is 1. The monoisotopic (exact) mass is 320 g/mol. The summed E-state index contributed by atoms with van der Waals surface area (Å²) in [6.07, 6.45) is -2.36. The van der Waals surface area contributed by atoms with Crippen LogP contribution in [0.15, 0.2) is 17.1 Å². The molecule has 1 fully saturated rings. The molecule has 1 aromatic heterocycles. The fraction of sp³-hybridized carbons (Fsp3) is 0.538. The number of pyridine rings is 1. The molecule has 0 aliphatic carbocycles. The number of amides is 1. The quantitative estimate of drug-likeness (QED) is 0.862. The van der Waals surface area contributed by atoms with Crippen LogP contribution >= 0.6 is 0 Å². The van der Waals surface area contributed by atoms with Crippen LogP contribution in [-0.2, 0) is 20.4 Å². The molecule has 0 aromatic carbocycles. The minimum absolute atomic E-state index is 0.0650. The summed E-state index contributed by atoms with van der Waals surface area (Å²) >= 11 is 0. The fourth-order valence-electron chi connectivity index (χ4n) is 1.99. The maximum absolute atomic E-state index is 12.5. The van der Waals surface area contributed by atoms with Crippen LogP contribution in [0.2, 0.25) is 0 Å². The highest BCUT2D eigenvalue weighted by Crippen LogP contribution is 2.29. The maximum Gasteiger partial charge on any atom is 0.417 e. The number of rotatable bonds is 5. The van der Waals surface area contributed by atoms with Crippen LogP contribution in [-0.4, -0.2) is 36.8 Å². The Bertz CT molecular complexity index is 579. The number of carbonyl (C=O) groups excluding carboxylic acids is 1. The van der Waals surface area contributed by atoms with E-state index in [-0.39, 0.29) is 19.3 Å². The smallest absolute Gasteiger partial charge is 0.376 e. The molecule has 22 heavy (non-hydrogen) atoms. The van der Waals surface area contributed by atoms with Gasteiger partial charge in [0, 0.05) is 12.8 Å². The molecule has 0 radical (unpaired) electrons. The van der Waals surface area contributed by atoms with Gasteiger partial charge in [0.25, 0.3) is 11.5 Å². The van der Waals surface area contributed by atoms with Crippen LogP contribution in [0.25, 0.3) is 0 Å². The van der Waals surface area contributed by atoms with E-state index in [2.05, 4.69) is 5.32 Å². The number of nitrogens with one attached hydrogen (secondary N) is 2. The molecule has 2 N–H and O–H groups in total. The lowest BCUT2D eigenvalue weighted by Crippen LogP contribution is -2.26. The molecular formula is C13H15F3N2O4. The summed E-state index contributed by atoms with van der Waals surface area (Å²) < 4.78 is 48.0. The van der Waals surface area contributed by atoms with E-state index in [0.717, 1.165) is 12.8 Å². The molecule has 2 rings (SSSR count). The molecule has 0 spiro atoms. The van der Waals surface area contributed by atoms with Gasteiger partial charge in [0.05, 0.1) is 18.3 Å². The van der Waals surface area contributed by atoms with Crippen molar-refractivity contribution in [3.63, 3.8) is 0 Å². The molecule has 1 aromatic rings. The van der Waals surface area contributed by atoms with Gasteiger partial charge in [-0.3, -0.25) is 9.59 Å². The van der Waals surface area contributed by atoms with E-state index in [0.29, 0.717) is 18.9 Å². The summed E-state index contributed by atoms with van der Waals surface area (Å²) in [5, 5.41) is 2.10. The first-order valence-electron chi connectivity index (χ1n) is 6.65. The van der Waals surface area contributed by atoms with Crippen LogP contribution in [0.3, 0.4) is 0 Å². The Morgan fingerprint density at radius 1 is 1.50 bits per heavy atom. The van der Waals surface area contributed by atoms with Gasteiger partial charge in [-0.2, -0.15) is 13.2 Å². The minimum Gasteiger partial charge on any atom is -0.376 e. The first kappa shape index (κ1) is 16.5. The maximum atomic E-state index is 12.5. The summed E-state index contributed by atoms with van der Waals surface area (Å²) in [5.41, 5.74) is -2.34. The molecule has 1 aliphatic rings. The van der Waals surface area contributed by atoms with Gasteiger partial charge < -0.3 is 19.8 Å². The number of hydrogen-bond donors (Lipinski definition) is 2. The van der Waals surface area contributed by atoms with E-state index in [1.807, 2.05) is 4.98 Å².